The van der Waals surface area contributed by atoms with Gasteiger partial charge in [0, 0.05) is 18.4 Å². The number of aromatic nitrogens is 2. The second-order valence-electron chi connectivity index (χ2n) is 4.48. The van der Waals surface area contributed by atoms with Gasteiger partial charge in [0.05, 0.1) is 0 Å². The van der Waals surface area contributed by atoms with E-state index in [9.17, 15) is 8.78 Å². The SMILES string of the molecule is CC(CCN)c1nc(Cc2cc(F)cc(F)c2)no1. The van der Waals surface area contributed by atoms with Gasteiger partial charge in [0.25, 0.3) is 0 Å². The molecule has 0 bridgehead atoms. The first-order valence-electron chi connectivity index (χ1n) is 6.06. The van der Waals surface area contributed by atoms with Gasteiger partial charge in [-0.15, -0.1) is 0 Å². The Morgan fingerprint density at radius 1 is 1.26 bits per heavy atom. The van der Waals surface area contributed by atoms with E-state index in [0.29, 0.717) is 23.8 Å². The van der Waals surface area contributed by atoms with Crippen molar-refractivity contribution < 1.29 is 13.3 Å². The van der Waals surface area contributed by atoms with Crippen molar-refractivity contribution in [3.05, 3.63) is 47.1 Å². The Morgan fingerprint density at radius 3 is 2.58 bits per heavy atom. The van der Waals surface area contributed by atoms with Gasteiger partial charge < -0.3 is 10.3 Å². The first kappa shape index (κ1) is 13.6. The highest BCUT2D eigenvalue weighted by Gasteiger charge is 2.14. The van der Waals surface area contributed by atoms with E-state index in [2.05, 4.69) is 10.1 Å². The zero-order chi connectivity index (χ0) is 13.8. The topological polar surface area (TPSA) is 64.9 Å². The molecule has 4 nitrogen and oxygen atoms in total. The molecule has 2 rings (SSSR count). The normalized spacial score (nSPS) is 12.6. The first-order valence-corrected chi connectivity index (χ1v) is 6.06. The molecule has 0 amide bonds. The summed E-state index contributed by atoms with van der Waals surface area (Å²) in [5, 5.41) is 3.80. The summed E-state index contributed by atoms with van der Waals surface area (Å²) in [6.45, 7) is 2.47. The highest BCUT2D eigenvalue weighted by Crippen LogP contribution is 2.17. The van der Waals surface area contributed by atoms with Crippen molar-refractivity contribution in [2.24, 2.45) is 5.73 Å². The van der Waals surface area contributed by atoms with Crippen LogP contribution in [-0.2, 0) is 6.42 Å². The average Bonchev–Trinajstić information content (AvgIpc) is 2.76. The molecule has 0 aliphatic heterocycles. The van der Waals surface area contributed by atoms with E-state index < -0.39 is 11.6 Å². The molecule has 0 aliphatic carbocycles. The van der Waals surface area contributed by atoms with E-state index in [1.807, 2.05) is 6.92 Å². The molecule has 1 aromatic carbocycles. The minimum Gasteiger partial charge on any atom is -0.339 e. The Labute approximate surface area is 109 Å². The molecule has 2 N–H and O–H groups in total. The second kappa shape index (κ2) is 5.88. The second-order valence-corrected chi connectivity index (χ2v) is 4.48. The highest BCUT2D eigenvalue weighted by molar-refractivity contribution is 5.21. The fourth-order valence-electron chi connectivity index (χ4n) is 1.81. The summed E-state index contributed by atoms with van der Waals surface area (Å²) < 4.78 is 31.2. The third-order valence-corrected chi connectivity index (χ3v) is 2.79. The van der Waals surface area contributed by atoms with Crippen LogP contribution in [0.25, 0.3) is 0 Å². The number of halogens is 2. The van der Waals surface area contributed by atoms with Crippen LogP contribution in [0.2, 0.25) is 0 Å². The summed E-state index contributed by atoms with van der Waals surface area (Å²) in [5.41, 5.74) is 5.93. The lowest BCUT2D eigenvalue weighted by atomic mass is 10.1. The Morgan fingerprint density at radius 2 is 1.95 bits per heavy atom. The van der Waals surface area contributed by atoms with Crippen LogP contribution in [0.5, 0.6) is 0 Å². The number of hydrogen-bond donors (Lipinski definition) is 1. The van der Waals surface area contributed by atoms with E-state index in [0.717, 1.165) is 12.5 Å². The lowest BCUT2D eigenvalue weighted by molar-refractivity contribution is 0.351. The predicted molar refractivity (Wildman–Crippen MR) is 65.5 cm³/mol. The number of nitrogens with two attached hydrogens (primary N) is 1. The van der Waals surface area contributed by atoms with Crippen molar-refractivity contribution in [1.82, 2.24) is 10.1 Å². The zero-order valence-corrected chi connectivity index (χ0v) is 10.6. The van der Waals surface area contributed by atoms with Crippen LogP contribution in [0.3, 0.4) is 0 Å². The molecule has 1 unspecified atom stereocenters. The van der Waals surface area contributed by atoms with E-state index in [4.69, 9.17) is 10.3 Å². The van der Waals surface area contributed by atoms with Gasteiger partial charge in [-0.25, -0.2) is 8.78 Å². The molecule has 19 heavy (non-hydrogen) atoms. The van der Waals surface area contributed by atoms with Crippen molar-refractivity contribution >= 4 is 0 Å². The maximum Gasteiger partial charge on any atom is 0.229 e. The van der Waals surface area contributed by atoms with Crippen LogP contribution in [0, 0.1) is 11.6 Å². The maximum absolute atomic E-state index is 13.0. The molecule has 1 aromatic heterocycles. The fourth-order valence-corrected chi connectivity index (χ4v) is 1.81. The number of rotatable bonds is 5. The number of nitrogens with zero attached hydrogens (tertiary/aromatic N) is 2. The van der Waals surface area contributed by atoms with Crippen LogP contribution in [0.1, 0.15) is 36.5 Å². The van der Waals surface area contributed by atoms with E-state index in [1.165, 1.54) is 12.1 Å². The van der Waals surface area contributed by atoms with Crippen molar-refractivity contribution in [3.8, 4) is 0 Å². The van der Waals surface area contributed by atoms with Crippen LogP contribution in [0.4, 0.5) is 8.78 Å². The molecule has 102 valence electrons. The fraction of sp³-hybridized carbons (Fsp3) is 0.385. The van der Waals surface area contributed by atoms with Crippen LogP contribution in [-0.4, -0.2) is 16.7 Å². The standard InChI is InChI=1S/C13H15F2N3O/c1-8(2-3-16)13-17-12(18-19-13)6-9-4-10(14)7-11(15)5-9/h4-5,7-8H,2-3,6,16H2,1H3. The molecular formula is C13H15F2N3O. The summed E-state index contributed by atoms with van der Waals surface area (Å²) in [4.78, 5) is 4.21. The summed E-state index contributed by atoms with van der Waals surface area (Å²) in [7, 11) is 0. The van der Waals surface area contributed by atoms with Gasteiger partial charge in [-0.1, -0.05) is 12.1 Å². The van der Waals surface area contributed by atoms with Gasteiger partial charge in [-0.3, -0.25) is 0 Å². The monoisotopic (exact) mass is 267 g/mol. The third-order valence-electron chi connectivity index (χ3n) is 2.79. The van der Waals surface area contributed by atoms with Crippen molar-refractivity contribution in [3.63, 3.8) is 0 Å². The van der Waals surface area contributed by atoms with Gasteiger partial charge in [-0.2, -0.15) is 4.98 Å². The molecule has 0 saturated heterocycles. The lowest BCUT2D eigenvalue weighted by Crippen LogP contribution is -2.05. The molecule has 0 spiro atoms. The third kappa shape index (κ3) is 3.57. The molecule has 6 heteroatoms. The smallest absolute Gasteiger partial charge is 0.229 e. The Hall–Kier alpha value is -1.82. The summed E-state index contributed by atoms with van der Waals surface area (Å²) in [5.74, 6) is -0.248. The average molecular weight is 267 g/mol. The van der Waals surface area contributed by atoms with Gasteiger partial charge in [0.15, 0.2) is 5.82 Å². The van der Waals surface area contributed by atoms with E-state index >= 15 is 0 Å². The predicted octanol–water partition coefficient (Wildman–Crippen LogP) is 2.39. The van der Waals surface area contributed by atoms with E-state index in [-0.39, 0.29) is 12.3 Å². The largest absolute Gasteiger partial charge is 0.339 e. The Kier molecular flexibility index (Phi) is 4.21. The van der Waals surface area contributed by atoms with Crippen LogP contribution < -0.4 is 5.73 Å². The summed E-state index contributed by atoms with van der Waals surface area (Å²) in [6.07, 6.45) is 0.976. The van der Waals surface area contributed by atoms with Gasteiger partial charge in [0.2, 0.25) is 5.89 Å². The molecule has 2 aromatic rings. The lowest BCUT2D eigenvalue weighted by Gasteiger charge is -2.01. The summed E-state index contributed by atoms with van der Waals surface area (Å²) >= 11 is 0. The van der Waals surface area contributed by atoms with Crippen molar-refractivity contribution in [2.75, 3.05) is 6.54 Å². The zero-order valence-electron chi connectivity index (χ0n) is 10.6. The molecule has 1 atom stereocenters. The van der Waals surface area contributed by atoms with Crippen LogP contribution >= 0.6 is 0 Å². The van der Waals surface area contributed by atoms with E-state index in [1.54, 1.807) is 0 Å². The summed E-state index contributed by atoms with van der Waals surface area (Å²) in [6, 6.07) is 3.33. The van der Waals surface area contributed by atoms with Crippen LogP contribution in [0.15, 0.2) is 22.7 Å². The maximum atomic E-state index is 13.0. The molecule has 1 heterocycles. The first-order chi connectivity index (χ1) is 9.08. The van der Waals surface area contributed by atoms with Crippen molar-refractivity contribution in [1.29, 1.82) is 0 Å². The Bertz CT molecular complexity index is 536. The molecular weight excluding hydrogens is 252 g/mol. The highest BCUT2D eigenvalue weighted by atomic mass is 19.1. The van der Waals surface area contributed by atoms with Gasteiger partial charge >= 0.3 is 0 Å². The number of benzene rings is 1. The minimum absolute atomic E-state index is 0.0792. The van der Waals surface area contributed by atoms with Gasteiger partial charge in [-0.05, 0) is 30.7 Å². The molecule has 0 aliphatic rings. The number of hydrogen-bond acceptors (Lipinski definition) is 4. The van der Waals surface area contributed by atoms with Gasteiger partial charge in [0.1, 0.15) is 11.6 Å². The quantitative estimate of drug-likeness (QED) is 0.903. The minimum atomic E-state index is -0.616. The molecule has 0 saturated carbocycles. The molecule has 0 radical (unpaired) electrons. The molecule has 0 fully saturated rings. The Balaban J connectivity index is 2.11. The van der Waals surface area contributed by atoms with Crippen molar-refractivity contribution in [2.45, 2.75) is 25.7 Å².